The standard InChI is InChI=1S/C14H21BrFN/c1-4-10(3)14(17-5-2)8-11-6-7-12(16)9-13(11)15/h6-7,9-10,14,17H,4-5,8H2,1-3H3. The average molecular weight is 302 g/mol. The Bertz CT molecular complexity index is 354. The molecule has 0 bridgehead atoms. The van der Waals surface area contributed by atoms with Crippen LogP contribution < -0.4 is 5.32 Å². The van der Waals surface area contributed by atoms with Gasteiger partial charge >= 0.3 is 0 Å². The van der Waals surface area contributed by atoms with Crippen LogP contribution in [0.25, 0.3) is 0 Å². The maximum Gasteiger partial charge on any atom is 0.124 e. The molecule has 96 valence electrons. The molecule has 0 amide bonds. The molecule has 1 N–H and O–H groups in total. The van der Waals surface area contributed by atoms with Gasteiger partial charge in [0, 0.05) is 10.5 Å². The van der Waals surface area contributed by atoms with Gasteiger partial charge in [0.15, 0.2) is 0 Å². The van der Waals surface area contributed by atoms with Crippen LogP contribution in [-0.4, -0.2) is 12.6 Å². The van der Waals surface area contributed by atoms with Crippen LogP contribution >= 0.6 is 15.9 Å². The minimum Gasteiger partial charge on any atom is -0.314 e. The van der Waals surface area contributed by atoms with Gasteiger partial charge in [-0.25, -0.2) is 4.39 Å². The quantitative estimate of drug-likeness (QED) is 0.832. The van der Waals surface area contributed by atoms with Crippen molar-refractivity contribution < 1.29 is 4.39 Å². The monoisotopic (exact) mass is 301 g/mol. The first kappa shape index (κ1) is 14.7. The van der Waals surface area contributed by atoms with Crippen LogP contribution in [0.5, 0.6) is 0 Å². The lowest BCUT2D eigenvalue weighted by atomic mass is 9.93. The van der Waals surface area contributed by atoms with E-state index in [2.05, 4.69) is 42.0 Å². The van der Waals surface area contributed by atoms with Crippen molar-refractivity contribution in [1.82, 2.24) is 5.32 Å². The molecule has 0 aromatic heterocycles. The Morgan fingerprint density at radius 2 is 2.06 bits per heavy atom. The van der Waals surface area contributed by atoms with Gasteiger partial charge in [-0.1, -0.05) is 49.2 Å². The lowest BCUT2D eigenvalue weighted by molar-refractivity contribution is 0.370. The van der Waals surface area contributed by atoms with Gasteiger partial charge in [0.2, 0.25) is 0 Å². The van der Waals surface area contributed by atoms with Crippen molar-refractivity contribution in [3.8, 4) is 0 Å². The topological polar surface area (TPSA) is 12.0 Å². The van der Waals surface area contributed by atoms with E-state index in [1.165, 1.54) is 12.1 Å². The molecule has 0 radical (unpaired) electrons. The largest absolute Gasteiger partial charge is 0.314 e. The molecule has 2 unspecified atom stereocenters. The maximum absolute atomic E-state index is 13.0. The van der Waals surface area contributed by atoms with Gasteiger partial charge < -0.3 is 5.32 Å². The predicted octanol–water partition coefficient (Wildman–Crippen LogP) is 4.15. The van der Waals surface area contributed by atoms with Gasteiger partial charge in [0.25, 0.3) is 0 Å². The van der Waals surface area contributed by atoms with Gasteiger partial charge in [-0.3, -0.25) is 0 Å². The first-order chi connectivity index (χ1) is 8.08. The van der Waals surface area contributed by atoms with Crippen molar-refractivity contribution >= 4 is 15.9 Å². The van der Waals surface area contributed by atoms with E-state index in [0.29, 0.717) is 12.0 Å². The van der Waals surface area contributed by atoms with Crippen molar-refractivity contribution in [2.45, 2.75) is 39.7 Å². The zero-order chi connectivity index (χ0) is 12.8. The van der Waals surface area contributed by atoms with Crippen LogP contribution in [0.2, 0.25) is 0 Å². The Hall–Kier alpha value is -0.410. The third-order valence-electron chi connectivity index (χ3n) is 3.25. The number of rotatable bonds is 6. The smallest absolute Gasteiger partial charge is 0.124 e. The Balaban J connectivity index is 2.78. The molecule has 3 heteroatoms. The summed E-state index contributed by atoms with van der Waals surface area (Å²) in [7, 11) is 0. The van der Waals surface area contributed by atoms with Crippen molar-refractivity contribution in [1.29, 1.82) is 0 Å². The molecule has 1 nitrogen and oxygen atoms in total. The van der Waals surface area contributed by atoms with Crippen molar-refractivity contribution in [2.24, 2.45) is 5.92 Å². The average Bonchev–Trinajstić information content (AvgIpc) is 2.30. The van der Waals surface area contributed by atoms with Crippen LogP contribution in [0.3, 0.4) is 0 Å². The van der Waals surface area contributed by atoms with Crippen molar-refractivity contribution in [2.75, 3.05) is 6.54 Å². The van der Waals surface area contributed by atoms with Gasteiger partial charge in [-0.15, -0.1) is 0 Å². The second-order valence-electron chi connectivity index (χ2n) is 4.49. The van der Waals surface area contributed by atoms with E-state index in [0.717, 1.165) is 29.4 Å². The molecule has 1 rings (SSSR count). The zero-order valence-electron chi connectivity index (χ0n) is 10.8. The van der Waals surface area contributed by atoms with Crippen LogP contribution in [0.4, 0.5) is 4.39 Å². The highest BCUT2D eigenvalue weighted by molar-refractivity contribution is 9.10. The Morgan fingerprint density at radius 3 is 2.59 bits per heavy atom. The van der Waals surface area contributed by atoms with Crippen molar-refractivity contribution in [3.05, 3.63) is 34.1 Å². The first-order valence-electron chi connectivity index (χ1n) is 6.25. The van der Waals surface area contributed by atoms with E-state index in [9.17, 15) is 4.39 Å². The number of halogens is 2. The fourth-order valence-electron chi connectivity index (χ4n) is 1.95. The van der Waals surface area contributed by atoms with E-state index in [1.807, 2.05) is 6.07 Å². The molecule has 0 spiro atoms. The number of benzene rings is 1. The second kappa shape index (κ2) is 7.12. The minimum atomic E-state index is -0.191. The number of nitrogens with one attached hydrogen (secondary N) is 1. The molecular weight excluding hydrogens is 281 g/mol. The van der Waals surface area contributed by atoms with Gasteiger partial charge in [0.05, 0.1) is 0 Å². The van der Waals surface area contributed by atoms with E-state index < -0.39 is 0 Å². The molecule has 0 aliphatic heterocycles. The first-order valence-corrected chi connectivity index (χ1v) is 7.05. The molecular formula is C14H21BrFN. The normalized spacial score (nSPS) is 14.6. The molecule has 0 aliphatic rings. The summed E-state index contributed by atoms with van der Waals surface area (Å²) in [5.74, 6) is 0.427. The van der Waals surface area contributed by atoms with E-state index in [-0.39, 0.29) is 5.82 Å². The van der Waals surface area contributed by atoms with Crippen LogP contribution in [0.1, 0.15) is 32.8 Å². The molecule has 17 heavy (non-hydrogen) atoms. The minimum absolute atomic E-state index is 0.191. The summed E-state index contributed by atoms with van der Waals surface area (Å²) in [6.07, 6.45) is 2.08. The summed E-state index contributed by atoms with van der Waals surface area (Å²) >= 11 is 3.43. The molecule has 2 atom stereocenters. The molecule has 1 aromatic carbocycles. The lowest BCUT2D eigenvalue weighted by Gasteiger charge is -2.24. The summed E-state index contributed by atoms with van der Waals surface area (Å²) in [5, 5.41) is 3.51. The van der Waals surface area contributed by atoms with E-state index in [1.54, 1.807) is 0 Å². The lowest BCUT2D eigenvalue weighted by Crippen LogP contribution is -2.36. The zero-order valence-corrected chi connectivity index (χ0v) is 12.3. The highest BCUT2D eigenvalue weighted by atomic mass is 79.9. The number of hydrogen-bond acceptors (Lipinski definition) is 1. The number of hydrogen-bond donors (Lipinski definition) is 1. The van der Waals surface area contributed by atoms with Crippen LogP contribution in [0.15, 0.2) is 22.7 Å². The van der Waals surface area contributed by atoms with Crippen LogP contribution in [0, 0.1) is 11.7 Å². The molecule has 0 heterocycles. The maximum atomic E-state index is 13.0. The molecule has 0 aliphatic carbocycles. The third-order valence-corrected chi connectivity index (χ3v) is 3.99. The second-order valence-corrected chi connectivity index (χ2v) is 5.34. The predicted molar refractivity (Wildman–Crippen MR) is 74.7 cm³/mol. The highest BCUT2D eigenvalue weighted by Crippen LogP contribution is 2.22. The Morgan fingerprint density at radius 1 is 1.35 bits per heavy atom. The van der Waals surface area contributed by atoms with Gasteiger partial charge in [-0.2, -0.15) is 0 Å². The Labute approximate surface area is 112 Å². The molecule has 1 aromatic rings. The fourth-order valence-corrected chi connectivity index (χ4v) is 2.46. The molecule has 0 fully saturated rings. The van der Waals surface area contributed by atoms with E-state index in [4.69, 9.17) is 0 Å². The van der Waals surface area contributed by atoms with E-state index >= 15 is 0 Å². The number of likely N-dealkylation sites (N-methyl/N-ethyl adjacent to an activating group) is 1. The summed E-state index contributed by atoms with van der Waals surface area (Å²) in [4.78, 5) is 0. The molecule has 0 saturated carbocycles. The summed E-state index contributed by atoms with van der Waals surface area (Å²) in [6, 6.07) is 5.38. The summed E-state index contributed by atoms with van der Waals surface area (Å²) in [6.45, 7) is 7.54. The van der Waals surface area contributed by atoms with Gasteiger partial charge in [-0.05, 0) is 36.6 Å². The van der Waals surface area contributed by atoms with Crippen molar-refractivity contribution in [3.63, 3.8) is 0 Å². The molecule has 0 saturated heterocycles. The Kier molecular flexibility index (Phi) is 6.14. The summed E-state index contributed by atoms with van der Waals surface area (Å²) < 4.78 is 13.9. The van der Waals surface area contributed by atoms with Gasteiger partial charge in [0.1, 0.15) is 5.82 Å². The highest BCUT2D eigenvalue weighted by Gasteiger charge is 2.16. The summed E-state index contributed by atoms with van der Waals surface area (Å²) in [5.41, 5.74) is 1.16. The van der Waals surface area contributed by atoms with Crippen LogP contribution in [-0.2, 0) is 6.42 Å². The SMILES string of the molecule is CCNC(Cc1ccc(F)cc1Br)C(C)CC. The fraction of sp³-hybridized carbons (Fsp3) is 0.571. The third kappa shape index (κ3) is 4.40.